The highest BCUT2D eigenvalue weighted by Gasteiger charge is 2.17. The molecule has 2 aromatic rings. The quantitative estimate of drug-likeness (QED) is 0.800. The summed E-state index contributed by atoms with van der Waals surface area (Å²) in [6, 6.07) is 7.09. The largest absolute Gasteiger partial charge is 0.458 e. The van der Waals surface area contributed by atoms with E-state index in [2.05, 4.69) is 4.99 Å². The second kappa shape index (κ2) is 5.63. The first-order valence-corrected chi connectivity index (χ1v) is 6.49. The van der Waals surface area contributed by atoms with E-state index in [1.54, 1.807) is 6.07 Å². The Morgan fingerprint density at radius 3 is 2.23 bits per heavy atom. The van der Waals surface area contributed by atoms with Crippen LogP contribution in [-0.4, -0.2) is 24.8 Å². The Morgan fingerprint density at radius 1 is 0.955 bits per heavy atom. The molecule has 22 heavy (non-hydrogen) atoms. The molecule has 0 radical (unpaired) electrons. The molecule has 1 aliphatic rings. The van der Waals surface area contributed by atoms with Crippen molar-refractivity contribution in [2.45, 2.75) is 0 Å². The third-order valence-electron chi connectivity index (χ3n) is 3.29. The van der Waals surface area contributed by atoms with Crippen LogP contribution in [0.3, 0.4) is 0 Å². The summed E-state index contributed by atoms with van der Waals surface area (Å²) in [5, 5.41) is 0. The van der Waals surface area contributed by atoms with Crippen LogP contribution in [0.1, 0.15) is 5.56 Å². The van der Waals surface area contributed by atoms with Crippen molar-refractivity contribution in [2.24, 2.45) is 4.99 Å². The standard InChI is InChI=1S/C16H10F3NO2/c17-10-2-4-12(14(19)6-10)11-3-1-9(5-13(11)18)15-8-22-16(21)7-20-15/h1-6H,7-8H2. The summed E-state index contributed by atoms with van der Waals surface area (Å²) in [6.07, 6.45) is 0. The van der Waals surface area contributed by atoms with E-state index in [0.717, 1.165) is 6.07 Å². The number of hydrogen-bond donors (Lipinski definition) is 0. The molecule has 3 nitrogen and oxygen atoms in total. The van der Waals surface area contributed by atoms with Crippen LogP contribution in [-0.2, 0) is 9.53 Å². The van der Waals surface area contributed by atoms with Gasteiger partial charge in [-0.2, -0.15) is 0 Å². The van der Waals surface area contributed by atoms with Gasteiger partial charge < -0.3 is 4.74 Å². The van der Waals surface area contributed by atoms with Crippen molar-refractivity contribution in [3.8, 4) is 11.1 Å². The maximum Gasteiger partial charge on any atom is 0.328 e. The van der Waals surface area contributed by atoms with Crippen LogP contribution in [0.2, 0.25) is 0 Å². The SMILES string of the molecule is O=C1CN=C(c2ccc(-c3ccc(F)cc3F)c(F)c2)CO1. The number of carbonyl (C=O) groups is 1. The van der Waals surface area contributed by atoms with Crippen LogP contribution in [0.5, 0.6) is 0 Å². The zero-order chi connectivity index (χ0) is 15.7. The lowest BCUT2D eigenvalue weighted by molar-refractivity contribution is -0.140. The fraction of sp³-hybridized carbons (Fsp3) is 0.125. The second-order valence-electron chi connectivity index (χ2n) is 4.74. The van der Waals surface area contributed by atoms with Crippen LogP contribution in [0, 0.1) is 17.5 Å². The first-order valence-electron chi connectivity index (χ1n) is 6.49. The second-order valence-corrected chi connectivity index (χ2v) is 4.74. The minimum Gasteiger partial charge on any atom is -0.458 e. The molecule has 6 heteroatoms. The molecule has 112 valence electrons. The van der Waals surface area contributed by atoms with E-state index in [1.165, 1.54) is 18.2 Å². The Kier molecular flexibility index (Phi) is 3.66. The first kappa shape index (κ1) is 14.3. The third kappa shape index (κ3) is 2.72. The van der Waals surface area contributed by atoms with Crippen LogP contribution in [0.4, 0.5) is 13.2 Å². The van der Waals surface area contributed by atoms with Crippen molar-refractivity contribution >= 4 is 11.7 Å². The fourth-order valence-corrected chi connectivity index (χ4v) is 2.20. The summed E-state index contributed by atoms with van der Waals surface area (Å²) in [4.78, 5) is 14.9. The molecule has 3 rings (SSSR count). The Hall–Kier alpha value is -2.63. The van der Waals surface area contributed by atoms with Crippen molar-refractivity contribution in [3.63, 3.8) is 0 Å². The molecular formula is C16H10F3NO2. The molecule has 0 aliphatic carbocycles. The Morgan fingerprint density at radius 2 is 1.64 bits per heavy atom. The number of halogens is 3. The molecule has 0 bridgehead atoms. The van der Waals surface area contributed by atoms with Gasteiger partial charge in [0.15, 0.2) is 0 Å². The van der Waals surface area contributed by atoms with E-state index in [1.807, 2.05) is 0 Å². The number of cyclic esters (lactones) is 1. The van der Waals surface area contributed by atoms with Crippen molar-refractivity contribution in [2.75, 3.05) is 13.2 Å². The van der Waals surface area contributed by atoms with Gasteiger partial charge in [0.25, 0.3) is 0 Å². The van der Waals surface area contributed by atoms with Gasteiger partial charge in [-0.25, -0.2) is 13.2 Å². The minimum atomic E-state index is -0.837. The van der Waals surface area contributed by atoms with Gasteiger partial charge in [-0.3, -0.25) is 9.79 Å². The number of benzene rings is 2. The lowest BCUT2D eigenvalue weighted by Crippen LogP contribution is -2.23. The van der Waals surface area contributed by atoms with Crippen LogP contribution < -0.4 is 0 Å². The number of nitrogens with zero attached hydrogens (tertiary/aromatic N) is 1. The van der Waals surface area contributed by atoms with Crippen LogP contribution >= 0.6 is 0 Å². The van der Waals surface area contributed by atoms with E-state index in [9.17, 15) is 18.0 Å². The van der Waals surface area contributed by atoms with Gasteiger partial charge >= 0.3 is 5.97 Å². The molecule has 2 aromatic carbocycles. The van der Waals surface area contributed by atoms with Gasteiger partial charge in [0, 0.05) is 22.8 Å². The smallest absolute Gasteiger partial charge is 0.328 e. The Labute approximate surface area is 124 Å². The number of rotatable bonds is 2. The maximum absolute atomic E-state index is 14.2. The third-order valence-corrected chi connectivity index (χ3v) is 3.29. The molecule has 0 saturated carbocycles. The molecular weight excluding hydrogens is 295 g/mol. The lowest BCUT2D eigenvalue weighted by atomic mass is 10.0. The molecule has 0 saturated heterocycles. The van der Waals surface area contributed by atoms with Gasteiger partial charge in [0.1, 0.15) is 30.6 Å². The van der Waals surface area contributed by atoms with Crippen molar-refractivity contribution in [1.29, 1.82) is 0 Å². The summed E-state index contributed by atoms with van der Waals surface area (Å²) in [7, 11) is 0. The van der Waals surface area contributed by atoms with Gasteiger partial charge in [0.2, 0.25) is 0 Å². The molecule has 1 heterocycles. The summed E-state index contributed by atoms with van der Waals surface area (Å²) in [5.41, 5.74) is 0.901. The lowest BCUT2D eigenvalue weighted by Gasteiger charge is -2.13. The number of hydrogen-bond acceptors (Lipinski definition) is 3. The van der Waals surface area contributed by atoms with Crippen LogP contribution in [0.15, 0.2) is 41.4 Å². The summed E-state index contributed by atoms with van der Waals surface area (Å²) >= 11 is 0. The van der Waals surface area contributed by atoms with Crippen molar-refractivity contribution in [1.82, 2.24) is 0 Å². The zero-order valence-electron chi connectivity index (χ0n) is 11.3. The van der Waals surface area contributed by atoms with E-state index in [0.29, 0.717) is 17.3 Å². The number of aliphatic imine (C=N–C) groups is 1. The Bertz CT molecular complexity index is 787. The predicted octanol–water partition coefficient (Wildman–Crippen LogP) is 3.12. The molecule has 0 spiro atoms. The number of ether oxygens (including phenoxy) is 1. The predicted molar refractivity (Wildman–Crippen MR) is 74.1 cm³/mol. The van der Waals surface area contributed by atoms with Crippen molar-refractivity contribution in [3.05, 3.63) is 59.4 Å². The molecule has 0 unspecified atom stereocenters. The minimum absolute atomic E-state index is 0.0228. The summed E-state index contributed by atoms with van der Waals surface area (Å²) < 4.78 is 45.7. The van der Waals surface area contributed by atoms with Gasteiger partial charge in [0.05, 0.1) is 5.71 Å². The highest BCUT2D eigenvalue weighted by Crippen LogP contribution is 2.27. The summed E-state index contributed by atoms with van der Waals surface area (Å²) in [6.45, 7) is -0.131. The van der Waals surface area contributed by atoms with Gasteiger partial charge in [-0.15, -0.1) is 0 Å². The number of esters is 1. The zero-order valence-corrected chi connectivity index (χ0v) is 11.3. The highest BCUT2D eigenvalue weighted by atomic mass is 19.1. The molecule has 0 atom stereocenters. The van der Waals surface area contributed by atoms with E-state index in [-0.39, 0.29) is 24.3 Å². The van der Waals surface area contributed by atoms with Gasteiger partial charge in [-0.1, -0.05) is 12.1 Å². The first-order chi connectivity index (χ1) is 10.5. The summed E-state index contributed by atoms with van der Waals surface area (Å²) in [5.74, 6) is -2.66. The Balaban J connectivity index is 1.97. The monoisotopic (exact) mass is 305 g/mol. The van der Waals surface area contributed by atoms with E-state index >= 15 is 0 Å². The number of carbonyl (C=O) groups excluding carboxylic acids is 1. The van der Waals surface area contributed by atoms with E-state index in [4.69, 9.17) is 4.74 Å². The topological polar surface area (TPSA) is 38.7 Å². The maximum atomic E-state index is 14.2. The molecule has 0 aromatic heterocycles. The van der Waals surface area contributed by atoms with Crippen molar-refractivity contribution < 1.29 is 22.7 Å². The molecule has 0 N–H and O–H groups in total. The van der Waals surface area contributed by atoms with E-state index < -0.39 is 23.4 Å². The average Bonchev–Trinajstić information content (AvgIpc) is 2.49. The molecule has 0 fully saturated rings. The molecule has 1 aliphatic heterocycles. The molecule has 0 amide bonds. The van der Waals surface area contributed by atoms with Crippen LogP contribution in [0.25, 0.3) is 11.1 Å². The average molecular weight is 305 g/mol. The highest BCUT2D eigenvalue weighted by molar-refractivity contribution is 6.04. The normalized spacial score (nSPS) is 14.5. The van der Waals surface area contributed by atoms with Gasteiger partial charge in [-0.05, 0) is 18.2 Å². The fourth-order valence-electron chi connectivity index (χ4n) is 2.20.